The fourth-order valence-electron chi connectivity index (χ4n) is 5.32. The summed E-state index contributed by atoms with van der Waals surface area (Å²) >= 11 is 0. The van der Waals surface area contributed by atoms with E-state index in [0.29, 0.717) is 22.4 Å². The fraction of sp³-hybridized carbons (Fsp3) is 0.407. The Balaban J connectivity index is 0.00000176. The molecule has 0 atom stereocenters. The van der Waals surface area contributed by atoms with Gasteiger partial charge < -0.3 is 15.7 Å². The van der Waals surface area contributed by atoms with Gasteiger partial charge in [0, 0.05) is 36.4 Å². The lowest BCUT2D eigenvalue weighted by molar-refractivity contribution is 0.0694. The monoisotopic (exact) mass is 575 g/mol. The van der Waals surface area contributed by atoms with E-state index in [2.05, 4.69) is 37.7 Å². The second-order valence-corrected chi connectivity index (χ2v) is 10.9. The molecule has 3 N–H and O–H groups in total. The molecule has 0 unspecified atom stereocenters. The highest BCUT2D eigenvalue weighted by Gasteiger charge is 2.46. The van der Waals surface area contributed by atoms with Crippen molar-refractivity contribution in [3.63, 3.8) is 0 Å². The first-order valence-corrected chi connectivity index (χ1v) is 12.6. The molecule has 1 aliphatic heterocycles. The van der Waals surface area contributed by atoms with Crippen LogP contribution >= 0.6 is 24.8 Å². The van der Waals surface area contributed by atoms with Crippen molar-refractivity contribution in [2.75, 3.05) is 11.9 Å². The van der Waals surface area contributed by atoms with Gasteiger partial charge in [-0.05, 0) is 75.9 Å². The zero-order valence-corrected chi connectivity index (χ0v) is 23.8. The van der Waals surface area contributed by atoms with Crippen LogP contribution in [0.5, 0.6) is 0 Å². The highest BCUT2D eigenvalue weighted by atomic mass is 35.5. The van der Waals surface area contributed by atoms with Crippen molar-refractivity contribution >= 4 is 47.5 Å². The normalized spacial score (nSPS) is 15.6. The van der Waals surface area contributed by atoms with Gasteiger partial charge in [0.25, 0.3) is 5.56 Å². The SMILES string of the molecule is CC(C)n1c(=O)c2cnc(Nc3ccc4c(c3)CNCC43CC3)nc2n1-c1ccc(F)c(C(C)(C)O)n1.Cl.Cl. The molecule has 1 saturated carbocycles. The van der Waals surface area contributed by atoms with Crippen molar-refractivity contribution in [3.8, 4) is 5.82 Å². The highest BCUT2D eigenvalue weighted by Crippen LogP contribution is 2.50. The number of nitrogens with zero attached hydrogens (tertiary/aromatic N) is 5. The number of rotatable bonds is 5. The summed E-state index contributed by atoms with van der Waals surface area (Å²) in [5.41, 5.74) is 2.29. The summed E-state index contributed by atoms with van der Waals surface area (Å²) in [6, 6.07) is 8.83. The number of hydrogen-bond acceptors (Lipinski definition) is 7. The molecule has 1 aliphatic carbocycles. The molecule has 9 nitrogen and oxygen atoms in total. The van der Waals surface area contributed by atoms with Crippen LogP contribution in [0, 0.1) is 5.82 Å². The van der Waals surface area contributed by atoms with Gasteiger partial charge in [-0.2, -0.15) is 4.98 Å². The van der Waals surface area contributed by atoms with Crippen molar-refractivity contribution in [3.05, 3.63) is 69.5 Å². The Morgan fingerprint density at radius 1 is 1.15 bits per heavy atom. The summed E-state index contributed by atoms with van der Waals surface area (Å²) in [5.74, 6) is -0.0200. The van der Waals surface area contributed by atoms with Crippen LogP contribution in [-0.4, -0.2) is 36.0 Å². The predicted molar refractivity (Wildman–Crippen MR) is 153 cm³/mol. The second-order valence-electron chi connectivity index (χ2n) is 10.9. The van der Waals surface area contributed by atoms with E-state index in [-0.39, 0.29) is 47.9 Å². The first-order valence-electron chi connectivity index (χ1n) is 12.6. The number of fused-ring (bicyclic) bond motifs is 3. The molecule has 6 rings (SSSR count). The van der Waals surface area contributed by atoms with Gasteiger partial charge >= 0.3 is 0 Å². The number of aliphatic hydroxyl groups is 1. The Morgan fingerprint density at radius 3 is 2.56 bits per heavy atom. The van der Waals surface area contributed by atoms with Crippen molar-refractivity contribution in [2.24, 2.45) is 0 Å². The van der Waals surface area contributed by atoms with Gasteiger partial charge in [0.05, 0.1) is 0 Å². The highest BCUT2D eigenvalue weighted by molar-refractivity contribution is 5.85. The Kier molecular flexibility index (Phi) is 7.54. The fourth-order valence-corrected chi connectivity index (χ4v) is 5.32. The molecule has 2 aliphatic rings. The smallest absolute Gasteiger partial charge is 0.278 e. The van der Waals surface area contributed by atoms with E-state index in [1.807, 2.05) is 19.9 Å². The summed E-state index contributed by atoms with van der Waals surface area (Å²) < 4.78 is 17.6. The third-order valence-electron chi connectivity index (χ3n) is 7.31. The van der Waals surface area contributed by atoms with E-state index >= 15 is 0 Å². The summed E-state index contributed by atoms with van der Waals surface area (Å²) in [6.07, 6.45) is 3.94. The second kappa shape index (κ2) is 10.2. The standard InChI is InChI=1S/C27H30FN7O2.2ClH/c1-15(2)34-24(36)18-13-30-25(31-17-5-6-19-16(11-17)12-29-14-27(19)9-10-27)33-23(18)35(34)21-8-7-20(28)22(32-21)26(3,4)37;;/h5-8,11,13,15,29,37H,9-10,12,14H2,1-4H3,(H,30,31,33);2*1H. The van der Waals surface area contributed by atoms with Crippen molar-refractivity contribution in [1.29, 1.82) is 0 Å². The first kappa shape index (κ1) is 28.9. The molecular weight excluding hydrogens is 544 g/mol. The van der Waals surface area contributed by atoms with E-state index in [1.54, 1.807) is 4.68 Å². The number of halogens is 3. The molecule has 39 heavy (non-hydrogen) atoms. The average molecular weight is 577 g/mol. The molecule has 0 radical (unpaired) electrons. The lowest BCUT2D eigenvalue weighted by Crippen LogP contribution is -2.33. The van der Waals surface area contributed by atoms with Crippen LogP contribution in [0.15, 0.2) is 41.3 Å². The molecule has 4 heterocycles. The van der Waals surface area contributed by atoms with E-state index in [0.717, 1.165) is 18.8 Å². The minimum absolute atomic E-state index is 0. The zero-order valence-electron chi connectivity index (χ0n) is 22.2. The van der Waals surface area contributed by atoms with Gasteiger partial charge in [-0.25, -0.2) is 23.7 Å². The van der Waals surface area contributed by atoms with E-state index in [9.17, 15) is 14.3 Å². The molecule has 1 fully saturated rings. The molecule has 12 heteroatoms. The van der Waals surface area contributed by atoms with E-state index < -0.39 is 11.4 Å². The average Bonchev–Trinajstić information content (AvgIpc) is 3.54. The largest absolute Gasteiger partial charge is 0.384 e. The van der Waals surface area contributed by atoms with Crippen LogP contribution in [0.3, 0.4) is 0 Å². The van der Waals surface area contributed by atoms with E-state index in [1.165, 1.54) is 60.8 Å². The van der Waals surface area contributed by atoms with Crippen molar-refractivity contribution in [2.45, 2.75) is 64.1 Å². The Hall–Kier alpha value is -3.05. The van der Waals surface area contributed by atoms with Crippen molar-refractivity contribution in [1.82, 2.24) is 29.6 Å². The van der Waals surface area contributed by atoms with Crippen molar-refractivity contribution < 1.29 is 9.50 Å². The maximum atomic E-state index is 14.5. The number of anilines is 2. The van der Waals surface area contributed by atoms with Crippen LogP contribution in [0.25, 0.3) is 16.9 Å². The van der Waals surface area contributed by atoms with Crippen LogP contribution in [0.4, 0.5) is 16.0 Å². The molecule has 0 saturated heterocycles. The number of hydrogen-bond donors (Lipinski definition) is 3. The number of pyridine rings is 1. The van der Waals surface area contributed by atoms with Gasteiger partial charge in [0.1, 0.15) is 22.5 Å². The molecular formula is C27H32Cl2FN7O2. The molecule has 0 bridgehead atoms. The topological polar surface area (TPSA) is 110 Å². The van der Waals surface area contributed by atoms with Gasteiger partial charge in [-0.1, -0.05) is 6.07 Å². The predicted octanol–water partition coefficient (Wildman–Crippen LogP) is 4.65. The Labute approximate surface area is 237 Å². The maximum absolute atomic E-state index is 14.5. The number of benzene rings is 1. The van der Waals surface area contributed by atoms with Gasteiger partial charge in [0.15, 0.2) is 11.5 Å². The minimum Gasteiger partial charge on any atom is -0.384 e. The third-order valence-corrected chi connectivity index (χ3v) is 7.31. The van der Waals surface area contributed by atoms with E-state index in [4.69, 9.17) is 0 Å². The lowest BCUT2D eigenvalue weighted by Gasteiger charge is -2.26. The van der Waals surface area contributed by atoms with Crippen LogP contribution in [0.2, 0.25) is 0 Å². The lowest BCUT2D eigenvalue weighted by atomic mass is 9.88. The molecule has 4 aromatic rings. The van der Waals surface area contributed by atoms with Gasteiger partial charge in [0.2, 0.25) is 5.95 Å². The first-order chi connectivity index (χ1) is 17.6. The summed E-state index contributed by atoms with van der Waals surface area (Å²) in [5, 5.41) is 17.6. The Bertz CT molecular complexity index is 1610. The third kappa shape index (κ3) is 4.91. The molecule has 3 aromatic heterocycles. The van der Waals surface area contributed by atoms with Crippen LogP contribution in [-0.2, 0) is 17.6 Å². The molecule has 208 valence electrons. The van der Waals surface area contributed by atoms with Crippen LogP contribution in [0.1, 0.15) is 63.4 Å². The van der Waals surface area contributed by atoms with Gasteiger partial charge in [-0.3, -0.25) is 4.79 Å². The number of nitrogens with one attached hydrogen (secondary N) is 2. The summed E-state index contributed by atoms with van der Waals surface area (Å²) in [7, 11) is 0. The minimum atomic E-state index is -1.51. The van der Waals surface area contributed by atoms with Crippen LogP contribution < -0.4 is 16.2 Å². The molecule has 1 aromatic carbocycles. The summed E-state index contributed by atoms with van der Waals surface area (Å²) in [4.78, 5) is 26.8. The Morgan fingerprint density at radius 2 is 1.90 bits per heavy atom. The summed E-state index contributed by atoms with van der Waals surface area (Å²) in [6.45, 7) is 8.53. The number of aromatic nitrogens is 5. The maximum Gasteiger partial charge on any atom is 0.278 e. The quantitative estimate of drug-likeness (QED) is 0.318. The zero-order chi connectivity index (χ0) is 26.1. The molecule has 1 spiro atoms. The van der Waals surface area contributed by atoms with Gasteiger partial charge in [-0.15, -0.1) is 24.8 Å². The molecule has 0 amide bonds.